The summed E-state index contributed by atoms with van der Waals surface area (Å²) in [4.78, 5) is 14.2. The number of amides is 2. The zero-order valence-electron chi connectivity index (χ0n) is 13.6. The summed E-state index contributed by atoms with van der Waals surface area (Å²) < 4.78 is 24.3. The summed E-state index contributed by atoms with van der Waals surface area (Å²) in [6.45, 7) is 4.09. The minimum Gasteiger partial charge on any atom is -0.494 e. The summed E-state index contributed by atoms with van der Waals surface area (Å²) in [7, 11) is 1.43. The molecular weight excluding hydrogens is 299 g/mol. The number of hydrogen-bond acceptors (Lipinski definition) is 3. The van der Waals surface area contributed by atoms with E-state index >= 15 is 0 Å². The fraction of sp³-hybridized carbons (Fsp3) is 0.588. The highest BCUT2D eigenvalue weighted by Crippen LogP contribution is 2.36. The molecule has 2 amide bonds. The van der Waals surface area contributed by atoms with Crippen molar-refractivity contribution in [2.24, 2.45) is 0 Å². The fourth-order valence-corrected chi connectivity index (χ4v) is 3.21. The van der Waals surface area contributed by atoms with Crippen LogP contribution < -0.4 is 10.1 Å². The van der Waals surface area contributed by atoms with Gasteiger partial charge in [0.25, 0.3) is 0 Å². The zero-order chi connectivity index (χ0) is 16.4. The van der Waals surface area contributed by atoms with Crippen molar-refractivity contribution < 1.29 is 18.7 Å². The molecule has 0 aliphatic carbocycles. The molecule has 0 aromatic heterocycles. The third-order valence-electron chi connectivity index (χ3n) is 4.94. The molecule has 3 rings (SSSR count). The van der Waals surface area contributed by atoms with Crippen LogP contribution in [0.15, 0.2) is 18.2 Å². The Kier molecular flexibility index (Phi) is 4.43. The van der Waals surface area contributed by atoms with Gasteiger partial charge in [-0.2, -0.15) is 0 Å². The number of nitrogens with one attached hydrogen (secondary N) is 1. The van der Waals surface area contributed by atoms with Gasteiger partial charge in [-0.3, -0.25) is 0 Å². The molecule has 1 aromatic carbocycles. The molecule has 1 spiro atoms. The topological polar surface area (TPSA) is 50.8 Å². The SMILES string of the molecule is COc1ccc([C@H](C)NC(=O)N2CCC3(CCO3)CC2)cc1F. The Hall–Kier alpha value is -1.82. The highest BCUT2D eigenvalue weighted by molar-refractivity contribution is 5.74. The number of methoxy groups -OCH3 is 1. The number of likely N-dealkylation sites (tertiary alicyclic amines) is 1. The monoisotopic (exact) mass is 322 g/mol. The standard InChI is InChI=1S/C17H23FN2O3/c1-12(13-3-4-15(22-2)14(18)11-13)19-16(21)20-8-5-17(6-9-20)7-10-23-17/h3-4,11-12H,5-10H2,1-2H3,(H,19,21)/t12-/m0/s1. The van der Waals surface area contributed by atoms with Crippen molar-refractivity contribution in [1.82, 2.24) is 10.2 Å². The molecular formula is C17H23FN2O3. The maximum Gasteiger partial charge on any atom is 0.317 e. The Morgan fingerprint density at radius 2 is 2.09 bits per heavy atom. The van der Waals surface area contributed by atoms with E-state index in [4.69, 9.17) is 9.47 Å². The molecule has 0 unspecified atom stereocenters. The molecule has 2 aliphatic rings. The van der Waals surface area contributed by atoms with Crippen molar-refractivity contribution in [3.8, 4) is 5.75 Å². The summed E-state index contributed by atoms with van der Waals surface area (Å²) >= 11 is 0. The molecule has 126 valence electrons. The van der Waals surface area contributed by atoms with E-state index in [2.05, 4.69) is 5.32 Å². The number of carbonyl (C=O) groups excluding carboxylic acids is 1. The highest BCUT2D eigenvalue weighted by atomic mass is 19.1. The van der Waals surface area contributed by atoms with Crippen molar-refractivity contribution in [3.63, 3.8) is 0 Å². The van der Waals surface area contributed by atoms with Crippen LogP contribution in [-0.4, -0.2) is 43.3 Å². The molecule has 23 heavy (non-hydrogen) atoms. The van der Waals surface area contributed by atoms with Crippen molar-refractivity contribution in [3.05, 3.63) is 29.6 Å². The Morgan fingerprint density at radius 3 is 2.61 bits per heavy atom. The second-order valence-electron chi connectivity index (χ2n) is 6.33. The van der Waals surface area contributed by atoms with Gasteiger partial charge in [0.1, 0.15) is 0 Å². The van der Waals surface area contributed by atoms with Gasteiger partial charge in [0.15, 0.2) is 11.6 Å². The van der Waals surface area contributed by atoms with Crippen LogP contribution in [0.1, 0.15) is 37.8 Å². The van der Waals surface area contributed by atoms with E-state index in [9.17, 15) is 9.18 Å². The van der Waals surface area contributed by atoms with Crippen LogP contribution >= 0.6 is 0 Å². The minimum atomic E-state index is -0.423. The number of urea groups is 1. The molecule has 6 heteroatoms. The molecule has 2 fully saturated rings. The van der Waals surface area contributed by atoms with Gasteiger partial charge < -0.3 is 19.7 Å². The van der Waals surface area contributed by atoms with E-state index in [1.165, 1.54) is 13.2 Å². The molecule has 2 aliphatic heterocycles. The van der Waals surface area contributed by atoms with Crippen molar-refractivity contribution >= 4 is 6.03 Å². The van der Waals surface area contributed by atoms with Crippen LogP contribution in [0, 0.1) is 5.82 Å². The number of nitrogens with zero attached hydrogens (tertiary/aromatic N) is 1. The first-order valence-electron chi connectivity index (χ1n) is 8.06. The molecule has 2 heterocycles. The Morgan fingerprint density at radius 1 is 1.39 bits per heavy atom. The van der Waals surface area contributed by atoms with Crippen LogP contribution in [0.25, 0.3) is 0 Å². The van der Waals surface area contributed by atoms with Gasteiger partial charge in [-0.15, -0.1) is 0 Å². The van der Waals surface area contributed by atoms with Gasteiger partial charge in [0, 0.05) is 13.1 Å². The third kappa shape index (κ3) is 3.27. The Bertz CT molecular complexity index is 579. The maximum atomic E-state index is 13.8. The normalized spacial score (nSPS) is 20.7. The third-order valence-corrected chi connectivity index (χ3v) is 4.94. The van der Waals surface area contributed by atoms with Gasteiger partial charge in [-0.05, 0) is 43.9 Å². The van der Waals surface area contributed by atoms with E-state index in [1.54, 1.807) is 12.1 Å². The number of halogens is 1. The van der Waals surface area contributed by atoms with Crippen molar-refractivity contribution in [1.29, 1.82) is 0 Å². The first-order valence-corrected chi connectivity index (χ1v) is 8.06. The molecule has 0 radical (unpaired) electrons. The Balaban J connectivity index is 1.56. The maximum absolute atomic E-state index is 13.8. The van der Waals surface area contributed by atoms with Gasteiger partial charge >= 0.3 is 6.03 Å². The second-order valence-corrected chi connectivity index (χ2v) is 6.33. The van der Waals surface area contributed by atoms with Gasteiger partial charge in [-0.25, -0.2) is 9.18 Å². The lowest BCUT2D eigenvalue weighted by Gasteiger charge is -2.47. The number of carbonyl (C=O) groups is 1. The van der Waals surface area contributed by atoms with Crippen molar-refractivity contribution in [2.45, 2.75) is 37.8 Å². The first-order chi connectivity index (χ1) is 11.0. The summed E-state index contributed by atoms with van der Waals surface area (Å²) in [5.74, 6) is -0.220. The summed E-state index contributed by atoms with van der Waals surface area (Å²) in [5, 5.41) is 2.93. The largest absolute Gasteiger partial charge is 0.494 e. The predicted molar refractivity (Wildman–Crippen MR) is 84.0 cm³/mol. The smallest absolute Gasteiger partial charge is 0.317 e. The number of hydrogen-bond donors (Lipinski definition) is 1. The highest BCUT2D eigenvalue weighted by Gasteiger charge is 2.42. The lowest BCUT2D eigenvalue weighted by molar-refractivity contribution is -0.169. The number of benzene rings is 1. The van der Waals surface area contributed by atoms with Crippen LogP contribution in [0.2, 0.25) is 0 Å². The van der Waals surface area contributed by atoms with E-state index < -0.39 is 5.82 Å². The first kappa shape index (κ1) is 16.1. The molecule has 5 nitrogen and oxygen atoms in total. The van der Waals surface area contributed by atoms with Gasteiger partial charge in [0.2, 0.25) is 0 Å². The average Bonchev–Trinajstić information content (AvgIpc) is 2.53. The number of piperidine rings is 1. The van der Waals surface area contributed by atoms with Crippen LogP contribution in [0.4, 0.5) is 9.18 Å². The lowest BCUT2D eigenvalue weighted by Crippen LogP contribution is -2.55. The van der Waals surface area contributed by atoms with E-state index in [0.29, 0.717) is 18.7 Å². The molecule has 1 N–H and O–H groups in total. The lowest BCUT2D eigenvalue weighted by atomic mass is 9.84. The van der Waals surface area contributed by atoms with E-state index in [0.717, 1.165) is 25.9 Å². The van der Waals surface area contributed by atoms with E-state index in [1.807, 2.05) is 11.8 Å². The number of rotatable bonds is 3. The molecule has 0 saturated carbocycles. The Labute approximate surface area is 135 Å². The predicted octanol–water partition coefficient (Wildman–Crippen LogP) is 2.86. The quantitative estimate of drug-likeness (QED) is 0.931. The molecule has 0 bridgehead atoms. The second kappa shape index (κ2) is 6.35. The summed E-state index contributed by atoms with van der Waals surface area (Å²) in [6, 6.07) is 4.37. The molecule has 2 saturated heterocycles. The fourth-order valence-electron chi connectivity index (χ4n) is 3.21. The summed E-state index contributed by atoms with van der Waals surface area (Å²) in [6.07, 6.45) is 2.89. The molecule has 1 atom stereocenters. The minimum absolute atomic E-state index is 0.0293. The van der Waals surface area contributed by atoms with Gasteiger partial charge in [-0.1, -0.05) is 6.07 Å². The summed E-state index contributed by atoms with van der Waals surface area (Å²) in [5.41, 5.74) is 0.745. The van der Waals surface area contributed by atoms with Gasteiger partial charge in [0.05, 0.1) is 25.4 Å². The van der Waals surface area contributed by atoms with Crippen LogP contribution in [0.3, 0.4) is 0 Å². The van der Waals surface area contributed by atoms with Crippen LogP contribution in [-0.2, 0) is 4.74 Å². The number of ether oxygens (including phenoxy) is 2. The average molecular weight is 322 g/mol. The molecule has 1 aromatic rings. The van der Waals surface area contributed by atoms with E-state index in [-0.39, 0.29) is 23.4 Å². The zero-order valence-corrected chi connectivity index (χ0v) is 13.6. The van der Waals surface area contributed by atoms with Crippen molar-refractivity contribution in [2.75, 3.05) is 26.8 Å². The van der Waals surface area contributed by atoms with Crippen LogP contribution in [0.5, 0.6) is 5.75 Å².